The number of rotatable bonds is 6. The Bertz CT molecular complexity index is 729. The molecule has 4 atom stereocenters. The first-order chi connectivity index (χ1) is 13.4. The van der Waals surface area contributed by atoms with Crippen LogP contribution < -0.4 is 4.74 Å². The van der Waals surface area contributed by atoms with Crippen molar-refractivity contribution >= 4 is 17.7 Å². The summed E-state index contributed by atoms with van der Waals surface area (Å²) < 4.78 is 10.3. The van der Waals surface area contributed by atoms with Crippen LogP contribution in [0.3, 0.4) is 0 Å². The zero-order valence-electron chi connectivity index (χ0n) is 16.8. The van der Waals surface area contributed by atoms with Gasteiger partial charge in [-0.15, -0.1) is 0 Å². The van der Waals surface area contributed by atoms with Gasteiger partial charge in [-0.25, -0.2) is 0 Å². The third-order valence-corrected chi connectivity index (χ3v) is 6.31. The number of hydrogen-bond acceptors (Lipinski definition) is 5. The van der Waals surface area contributed by atoms with Crippen molar-refractivity contribution in [2.75, 3.05) is 20.3 Å². The van der Waals surface area contributed by atoms with E-state index in [2.05, 4.69) is 13.8 Å². The predicted octanol–water partition coefficient (Wildman–Crippen LogP) is 3.09. The Morgan fingerprint density at radius 1 is 1.14 bits per heavy atom. The molecule has 0 N–H and O–H groups in total. The number of methoxy groups -OCH3 is 1. The summed E-state index contributed by atoms with van der Waals surface area (Å²) in [5.74, 6) is 0.476. The Labute approximate surface area is 166 Å². The second-order valence-corrected chi connectivity index (χ2v) is 8.04. The van der Waals surface area contributed by atoms with Crippen LogP contribution in [0.25, 0.3) is 0 Å². The first kappa shape index (κ1) is 20.4. The van der Waals surface area contributed by atoms with E-state index in [4.69, 9.17) is 9.47 Å². The smallest absolute Gasteiger partial charge is 0.311 e. The summed E-state index contributed by atoms with van der Waals surface area (Å²) in [4.78, 5) is 39.0. The lowest BCUT2D eigenvalue weighted by molar-refractivity contribution is -0.147. The molecule has 1 aliphatic heterocycles. The number of benzene rings is 1. The lowest BCUT2D eigenvalue weighted by Gasteiger charge is -2.39. The van der Waals surface area contributed by atoms with Gasteiger partial charge >= 0.3 is 5.97 Å². The summed E-state index contributed by atoms with van der Waals surface area (Å²) in [6, 6.07) is 6.86. The molecule has 1 aliphatic carbocycles. The molecule has 152 valence electrons. The van der Waals surface area contributed by atoms with E-state index in [1.54, 1.807) is 31.4 Å². The predicted molar refractivity (Wildman–Crippen MR) is 104 cm³/mol. The molecule has 0 aromatic heterocycles. The minimum absolute atomic E-state index is 0.0226. The molecule has 2 aliphatic rings. The fraction of sp³-hybridized carbons (Fsp3) is 0.591. The van der Waals surface area contributed by atoms with Crippen LogP contribution in [0.15, 0.2) is 24.3 Å². The number of esters is 1. The maximum absolute atomic E-state index is 12.5. The first-order valence-electron chi connectivity index (χ1n) is 10.0. The van der Waals surface area contributed by atoms with Gasteiger partial charge in [-0.1, -0.05) is 26.7 Å². The zero-order chi connectivity index (χ0) is 20.3. The summed E-state index contributed by atoms with van der Waals surface area (Å²) in [5.41, 5.74) is 0.461. The van der Waals surface area contributed by atoms with E-state index in [1.807, 2.05) is 4.90 Å². The molecule has 0 radical (unpaired) electrons. The van der Waals surface area contributed by atoms with Crippen LogP contribution in [0.5, 0.6) is 5.75 Å². The van der Waals surface area contributed by atoms with Gasteiger partial charge in [-0.3, -0.25) is 14.4 Å². The number of carbonyl (C=O) groups excluding carboxylic acids is 3. The molecule has 0 unspecified atom stereocenters. The highest BCUT2D eigenvalue weighted by Crippen LogP contribution is 2.35. The second kappa shape index (κ2) is 8.76. The fourth-order valence-electron chi connectivity index (χ4n) is 4.32. The van der Waals surface area contributed by atoms with Gasteiger partial charge in [-0.05, 0) is 42.5 Å². The minimum Gasteiger partial charge on any atom is -0.497 e. The van der Waals surface area contributed by atoms with E-state index in [1.165, 1.54) is 6.42 Å². The number of Topliss-reactive ketones (excluding diaryl/α,β-unsaturated/α-hetero) is 1. The quantitative estimate of drug-likeness (QED) is 0.554. The van der Waals surface area contributed by atoms with E-state index in [-0.39, 0.29) is 30.8 Å². The van der Waals surface area contributed by atoms with Crippen LogP contribution in [0, 0.1) is 17.8 Å². The largest absolute Gasteiger partial charge is 0.497 e. The molecule has 6 nitrogen and oxygen atoms in total. The molecule has 1 saturated carbocycles. The molecule has 1 heterocycles. The van der Waals surface area contributed by atoms with E-state index >= 15 is 0 Å². The van der Waals surface area contributed by atoms with Gasteiger partial charge in [0.05, 0.1) is 13.0 Å². The lowest BCUT2D eigenvalue weighted by Crippen LogP contribution is -2.45. The van der Waals surface area contributed by atoms with Gasteiger partial charge in [0, 0.05) is 24.6 Å². The molecule has 1 amide bonds. The number of ketones is 1. The summed E-state index contributed by atoms with van der Waals surface area (Å²) in [7, 11) is 1.56. The number of carbonyl (C=O) groups is 3. The highest BCUT2D eigenvalue weighted by atomic mass is 16.5. The van der Waals surface area contributed by atoms with Gasteiger partial charge in [0.15, 0.2) is 12.4 Å². The molecule has 0 spiro atoms. The third-order valence-electron chi connectivity index (χ3n) is 6.31. The van der Waals surface area contributed by atoms with E-state index in [0.29, 0.717) is 29.7 Å². The zero-order valence-corrected chi connectivity index (χ0v) is 16.8. The van der Waals surface area contributed by atoms with Gasteiger partial charge < -0.3 is 14.4 Å². The molecule has 1 saturated heterocycles. The molecular formula is C22H29NO5. The summed E-state index contributed by atoms with van der Waals surface area (Å²) in [6.45, 7) is 4.51. The minimum atomic E-state index is -0.486. The molecule has 1 aromatic rings. The summed E-state index contributed by atoms with van der Waals surface area (Å²) in [5, 5.41) is 0. The molecule has 0 bridgehead atoms. The van der Waals surface area contributed by atoms with E-state index in [0.717, 1.165) is 12.8 Å². The molecule has 3 rings (SSSR count). The molecule has 2 fully saturated rings. The van der Waals surface area contributed by atoms with Crippen molar-refractivity contribution in [2.45, 2.75) is 45.6 Å². The topological polar surface area (TPSA) is 72.9 Å². The van der Waals surface area contributed by atoms with Crippen LogP contribution in [-0.4, -0.2) is 48.9 Å². The highest BCUT2D eigenvalue weighted by Gasteiger charge is 2.42. The Hall–Kier alpha value is -2.37. The Kier molecular flexibility index (Phi) is 6.37. The van der Waals surface area contributed by atoms with Crippen LogP contribution in [0.1, 0.15) is 49.9 Å². The first-order valence-corrected chi connectivity index (χ1v) is 10.0. The maximum Gasteiger partial charge on any atom is 0.311 e. The summed E-state index contributed by atoms with van der Waals surface area (Å²) >= 11 is 0. The van der Waals surface area contributed by atoms with Crippen molar-refractivity contribution in [3.05, 3.63) is 29.8 Å². The number of hydrogen-bond donors (Lipinski definition) is 0. The van der Waals surface area contributed by atoms with Gasteiger partial charge in [0.2, 0.25) is 5.91 Å². The lowest BCUT2D eigenvalue weighted by atomic mass is 9.77. The van der Waals surface area contributed by atoms with E-state index in [9.17, 15) is 14.4 Å². The third kappa shape index (κ3) is 4.37. The second-order valence-electron chi connectivity index (χ2n) is 8.04. The Morgan fingerprint density at radius 2 is 1.86 bits per heavy atom. The van der Waals surface area contributed by atoms with Crippen molar-refractivity contribution in [1.29, 1.82) is 0 Å². The van der Waals surface area contributed by atoms with Crippen LogP contribution in [0.2, 0.25) is 0 Å². The fourth-order valence-corrected chi connectivity index (χ4v) is 4.32. The number of amides is 1. The average Bonchev–Trinajstić information content (AvgIpc) is 3.09. The van der Waals surface area contributed by atoms with Crippen LogP contribution >= 0.6 is 0 Å². The van der Waals surface area contributed by atoms with Crippen LogP contribution in [-0.2, 0) is 14.3 Å². The molecular weight excluding hydrogens is 358 g/mol. The Morgan fingerprint density at radius 3 is 2.54 bits per heavy atom. The SMILES string of the molecule is COc1ccc(C(=O)COC(=O)[C@@H]2CC(=O)N([C@H]3CCC[C@@H](C)[C@H]3C)C2)cc1. The summed E-state index contributed by atoms with van der Waals surface area (Å²) in [6.07, 6.45) is 3.48. The average molecular weight is 387 g/mol. The number of nitrogens with zero attached hydrogens (tertiary/aromatic N) is 1. The van der Waals surface area contributed by atoms with Gasteiger partial charge in [0.1, 0.15) is 5.75 Å². The van der Waals surface area contributed by atoms with Gasteiger partial charge in [-0.2, -0.15) is 0 Å². The molecule has 1 aromatic carbocycles. The molecule has 28 heavy (non-hydrogen) atoms. The monoisotopic (exact) mass is 387 g/mol. The standard InChI is InChI=1S/C22H29NO5/c1-14-5-4-6-19(15(14)2)23-12-17(11-21(23)25)22(26)28-13-20(24)16-7-9-18(27-3)10-8-16/h7-10,14-15,17,19H,4-6,11-13H2,1-3H3/t14-,15-,17-,19+/m1/s1. The van der Waals surface area contributed by atoms with Crippen molar-refractivity contribution in [3.63, 3.8) is 0 Å². The molecule has 6 heteroatoms. The van der Waals surface area contributed by atoms with Crippen molar-refractivity contribution in [3.8, 4) is 5.75 Å². The van der Waals surface area contributed by atoms with Crippen molar-refractivity contribution in [2.24, 2.45) is 17.8 Å². The van der Waals surface area contributed by atoms with Crippen molar-refractivity contribution in [1.82, 2.24) is 4.90 Å². The maximum atomic E-state index is 12.5. The number of ether oxygens (including phenoxy) is 2. The van der Waals surface area contributed by atoms with Crippen LogP contribution in [0.4, 0.5) is 0 Å². The van der Waals surface area contributed by atoms with E-state index < -0.39 is 11.9 Å². The Balaban J connectivity index is 1.53. The highest BCUT2D eigenvalue weighted by molar-refractivity contribution is 5.98. The van der Waals surface area contributed by atoms with Crippen molar-refractivity contribution < 1.29 is 23.9 Å². The normalized spacial score (nSPS) is 27.5. The number of likely N-dealkylation sites (tertiary alicyclic amines) is 1. The van der Waals surface area contributed by atoms with Gasteiger partial charge in [0.25, 0.3) is 0 Å².